The van der Waals surface area contributed by atoms with E-state index < -0.39 is 12.0 Å². The van der Waals surface area contributed by atoms with E-state index in [0.717, 1.165) is 27.5 Å². The van der Waals surface area contributed by atoms with Crippen LogP contribution in [-0.2, 0) is 16.1 Å². The predicted molar refractivity (Wildman–Crippen MR) is 183 cm³/mol. The summed E-state index contributed by atoms with van der Waals surface area (Å²) in [6.07, 6.45) is 1.80. The van der Waals surface area contributed by atoms with Crippen LogP contribution in [0.15, 0.2) is 99.9 Å². The van der Waals surface area contributed by atoms with Crippen molar-refractivity contribution in [1.82, 2.24) is 4.57 Å². The van der Waals surface area contributed by atoms with Crippen LogP contribution in [0, 0.1) is 0 Å². The summed E-state index contributed by atoms with van der Waals surface area (Å²) in [7, 11) is 0. The summed E-state index contributed by atoms with van der Waals surface area (Å²) < 4.78 is 19.5. The number of hydrogen-bond donors (Lipinski definition) is 0. The summed E-state index contributed by atoms with van der Waals surface area (Å²) in [5.74, 6) is 0.577. The summed E-state index contributed by atoms with van der Waals surface area (Å²) in [6, 6.07) is 23.9. The lowest BCUT2D eigenvalue weighted by molar-refractivity contribution is -0.139. The van der Waals surface area contributed by atoms with Crippen molar-refractivity contribution in [3.05, 3.63) is 137 Å². The molecule has 0 unspecified atom stereocenters. The van der Waals surface area contributed by atoms with E-state index in [0.29, 0.717) is 48.8 Å². The molecule has 0 amide bonds. The van der Waals surface area contributed by atoms with Gasteiger partial charge in [0.15, 0.2) is 16.3 Å². The Labute approximate surface area is 279 Å². The zero-order valence-electron chi connectivity index (χ0n) is 25.4. The highest BCUT2D eigenvalue weighted by molar-refractivity contribution is 7.07. The Hall–Kier alpha value is -4.37. The number of allylic oxidation sites excluding steroid dienone is 1. The van der Waals surface area contributed by atoms with Crippen LogP contribution in [0.5, 0.6) is 11.5 Å². The summed E-state index contributed by atoms with van der Waals surface area (Å²) in [4.78, 5) is 32.8. The molecule has 0 fully saturated rings. The molecule has 10 heteroatoms. The molecule has 1 aliphatic heterocycles. The fraction of sp³-hybridized carbons (Fsp3) is 0.194. The number of hydrogen-bond acceptors (Lipinski definition) is 7. The summed E-state index contributed by atoms with van der Waals surface area (Å²) in [5, 5.41) is 3.01. The minimum atomic E-state index is -0.710. The van der Waals surface area contributed by atoms with Crippen molar-refractivity contribution in [2.45, 2.75) is 33.4 Å². The number of carbonyl (C=O) groups excluding carboxylic acids is 1. The molecule has 0 spiro atoms. The lowest BCUT2D eigenvalue weighted by atomic mass is 9.91. The topological polar surface area (TPSA) is 79.1 Å². The van der Waals surface area contributed by atoms with Crippen molar-refractivity contribution < 1.29 is 19.0 Å². The molecular formula is C36H30Cl2N2O5S. The maximum absolute atomic E-state index is 14.2. The molecule has 1 aromatic heterocycles. The molecule has 1 aliphatic rings. The number of thiazole rings is 1. The first kappa shape index (κ1) is 31.6. The van der Waals surface area contributed by atoms with Crippen LogP contribution in [0.1, 0.15) is 43.5 Å². The number of rotatable bonds is 9. The van der Waals surface area contributed by atoms with Crippen LogP contribution < -0.4 is 24.4 Å². The molecular weight excluding hydrogens is 643 g/mol. The van der Waals surface area contributed by atoms with E-state index in [2.05, 4.69) is 0 Å². The Morgan fingerprint density at radius 3 is 2.54 bits per heavy atom. The molecule has 1 atom stereocenters. The average molecular weight is 674 g/mol. The average Bonchev–Trinajstić information content (AvgIpc) is 3.34. The molecule has 5 aromatic rings. The van der Waals surface area contributed by atoms with Gasteiger partial charge >= 0.3 is 5.97 Å². The normalized spacial score (nSPS) is 14.6. The molecule has 46 heavy (non-hydrogen) atoms. The molecule has 0 saturated carbocycles. The number of benzene rings is 4. The van der Waals surface area contributed by atoms with Gasteiger partial charge in [0.2, 0.25) is 0 Å². The third-order valence-electron chi connectivity index (χ3n) is 7.60. The molecule has 0 saturated heterocycles. The van der Waals surface area contributed by atoms with E-state index in [1.54, 1.807) is 42.7 Å². The lowest BCUT2D eigenvalue weighted by Crippen LogP contribution is -2.40. The lowest BCUT2D eigenvalue weighted by Gasteiger charge is -2.25. The molecule has 7 nitrogen and oxygen atoms in total. The van der Waals surface area contributed by atoms with Gasteiger partial charge in [-0.15, -0.1) is 0 Å². The van der Waals surface area contributed by atoms with Gasteiger partial charge in [0.25, 0.3) is 5.56 Å². The van der Waals surface area contributed by atoms with Crippen molar-refractivity contribution in [3.63, 3.8) is 0 Å². The van der Waals surface area contributed by atoms with Crippen molar-refractivity contribution >= 4 is 57.4 Å². The number of ether oxygens (including phenoxy) is 3. The smallest absolute Gasteiger partial charge is 0.338 e. The summed E-state index contributed by atoms with van der Waals surface area (Å²) >= 11 is 13.6. The highest BCUT2D eigenvalue weighted by Gasteiger charge is 2.34. The van der Waals surface area contributed by atoms with Crippen LogP contribution in [-0.4, -0.2) is 23.8 Å². The summed E-state index contributed by atoms with van der Waals surface area (Å²) in [5.41, 5.74) is 2.96. The minimum absolute atomic E-state index is 0.205. The Morgan fingerprint density at radius 2 is 1.76 bits per heavy atom. The predicted octanol–water partition coefficient (Wildman–Crippen LogP) is 7.24. The molecule has 6 rings (SSSR count). The van der Waals surface area contributed by atoms with Gasteiger partial charge in [-0.2, -0.15) is 0 Å². The van der Waals surface area contributed by atoms with Gasteiger partial charge in [-0.3, -0.25) is 9.36 Å². The van der Waals surface area contributed by atoms with Gasteiger partial charge < -0.3 is 14.2 Å². The molecule has 0 aliphatic carbocycles. The Bertz CT molecular complexity index is 2180. The minimum Gasteiger partial charge on any atom is -0.490 e. The summed E-state index contributed by atoms with van der Waals surface area (Å²) in [6.45, 7) is 6.29. The second kappa shape index (κ2) is 13.5. The van der Waals surface area contributed by atoms with Crippen LogP contribution >= 0.6 is 34.5 Å². The third-order valence-corrected chi connectivity index (χ3v) is 9.17. The molecule has 0 bridgehead atoms. The van der Waals surface area contributed by atoms with Crippen molar-refractivity contribution in [2.24, 2.45) is 4.99 Å². The molecule has 2 heterocycles. The quantitative estimate of drug-likeness (QED) is 0.154. The van der Waals surface area contributed by atoms with Crippen LogP contribution in [0.25, 0.3) is 16.8 Å². The second-order valence-corrected chi connectivity index (χ2v) is 12.4. The molecule has 234 valence electrons. The van der Waals surface area contributed by atoms with E-state index in [4.69, 9.17) is 42.4 Å². The van der Waals surface area contributed by atoms with E-state index in [1.807, 2.05) is 67.6 Å². The first-order valence-corrected chi connectivity index (χ1v) is 16.4. The Morgan fingerprint density at radius 1 is 0.957 bits per heavy atom. The van der Waals surface area contributed by atoms with E-state index in [-0.39, 0.29) is 18.8 Å². The third kappa shape index (κ3) is 6.20. The molecule has 0 radical (unpaired) electrons. The molecule has 4 aromatic carbocycles. The van der Waals surface area contributed by atoms with E-state index in [1.165, 1.54) is 11.3 Å². The van der Waals surface area contributed by atoms with Crippen molar-refractivity contribution in [1.29, 1.82) is 0 Å². The number of fused-ring (bicyclic) bond motifs is 2. The zero-order chi connectivity index (χ0) is 32.4. The van der Waals surface area contributed by atoms with Gasteiger partial charge in [-0.05, 0) is 73.0 Å². The van der Waals surface area contributed by atoms with Gasteiger partial charge in [0, 0.05) is 15.6 Å². The van der Waals surface area contributed by atoms with E-state index in [9.17, 15) is 9.59 Å². The highest BCUT2D eigenvalue weighted by atomic mass is 35.5. The number of esters is 1. The number of carbonyl (C=O) groups is 1. The van der Waals surface area contributed by atoms with Crippen LogP contribution in [0.4, 0.5) is 0 Å². The second-order valence-electron chi connectivity index (χ2n) is 10.5. The van der Waals surface area contributed by atoms with E-state index >= 15 is 0 Å². The van der Waals surface area contributed by atoms with Crippen LogP contribution in [0.2, 0.25) is 10.0 Å². The van der Waals surface area contributed by atoms with Crippen molar-refractivity contribution in [3.8, 4) is 11.5 Å². The van der Waals surface area contributed by atoms with Crippen molar-refractivity contribution in [2.75, 3.05) is 13.2 Å². The van der Waals surface area contributed by atoms with Gasteiger partial charge in [0.1, 0.15) is 6.61 Å². The zero-order valence-corrected chi connectivity index (χ0v) is 27.7. The SMILES string of the molecule is CCOC(=O)C1=C(C)N=c2s/c(=C/c3ccc(OCc4ccc(Cl)cc4Cl)c(OCC)c3)c(=O)n2[C@H]1c1cccc2ccccc12. The maximum atomic E-state index is 14.2. The van der Waals surface area contributed by atoms with Gasteiger partial charge in [0.05, 0.1) is 35.1 Å². The van der Waals surface area contributed by atoms with Gasteiger partial charge in [-0.25, -0.2) is 9.79 Å². The number of halogens is 2. The Balaban J connectivity index is 1.43. The molecule has 0 N–H and O–H groups in total. The highest BCUT2D eigenvalue weighted by Crippen LogP contribution is 2.35. The first-order valence-electron chi connectivity index (χ1n) is 14.8. The number of aromatic nitrogens is 1. The standard InChI is InChI=1S/C36H30Cl2N2O5S/c1-4-43-30-17-22(13-16-29(30)45-20-24-14-15-25(37)19-28(24)38)18-31-34(41)40-33(27-12-8-10-23-9-6-7-11-26(23)27)32(35(42)44-5-2)21(3)39-36(40)46-31/h6-19,33H,4-5,20H2,1-3H3/b31-18+/t33-/m0/s1. The largest absolute Gasteiger partial charge is 0.490 e. The monoisotopic (exact) mass is 672 g/mol. The van der Waals surface area contributed by atoms with Crippen LogP contribution in [0.3, 0.4) is 0 Å². The Kier molecular flexibility index (Phi) is 9.31. The fourth-order valence-electron chi connectivity index (χ4n) is 5.52. The maximum Gasteiger partial charge on any atom is 0.338 e. The first-order chi connectivity index (χ1) is 22.3. The fourth-order valence-corrected chi connectivity index (χ4v) is 7.03. The van der Waals surface area contributed by atoms with Gasteiger partial charge in [-0.1, -0.05) is 89.1 Å². The number of nitrogens with zero attached hydrogens (tertiary/aromatic N) is 2.